The second kappa shape index (κ2) is 2.97. The molecule has 0 aliphatic carbocycles. The van der Waals surface area contributed by atoms with Crippen molar-refractivity contribution in [3.05, 3.63) is 42.2 Å². The zero-order chi connectivity index (χ0) is 9.26. The first-order chi connectivity index (χ1) is 6.27. The molecule has 2 rings (SSSR count). The number of hydrogen-bond donors (Lipinski definition) is 0. The molecule has 13 heavy (non-hydrogen) atoms. The van der Waals surface area contributed by atoms with Crippen LogP contribution in [0.3, 0.4) is 0 Å². The second-order valence-corrected chi connectivity index (χ2v) is 2.65. The lowest BCUT2D eigenvalue weighted by Crippen LogP contribution is -1.97. The van der Waals surface area contributed by atoms with Crippen LogP contribution in [0, 0.1) is 18.9 Å². The van der Waals surface area contributed by atoms with Crippen molar-refractivity contribution in [1.82, 2.24) is 14.8 Å². The van der Waals surface area contributed by atoms with E-state index in [2.05, 4.69) is 16.3 Å². The van der Waals surface area contributed by atoms with Crippen molar-refractivity contribution in [1.29, 1.82) is 0 Å². The topological polar surface area (TPSA) is 30.7 Å². The lowest BCUT2D eigenvalue weighted by molar-refractivity contribution is 0.607. The Bertz CT molecular complexity index is 409. The fourth-order valence-electron chi connectivity index (χ4n) is 0.998. The zero-order valence-corrected chi connectivity index (χ0v) is 7.03. The Kier molecular flexibility index (Phi) is 1.81. The van der Waals surface area contributed by atoms with E-state index in [9.17, 15) is 4.39 Å². The molecular weight excluding hydrogens is 169 g/mol. The number of hydrogen-bond acceptors (Lipinski definition) is 2. The summed E-state index contributed by atoms with van der Waals surface area (Å²) >= 11 is 0. The number of aromatic nitrogens is 3. The lowest BCUT2D eigenvalue weighted by Gasteiger charge is -2.01. The van der Waals surface area contributed by atoms with Crippen molar-refractivity contribution in [2.75, 3.05) is 0 Å². The molecule has 0 spiro atoms. The number of nitrogens with zero attached hydrogens (tertiary/aromatic N) is 3. The van der Waals surface area contributed by atoms with Gasteiger partial charge in [-0.15, -0.1) is 0 Å². The van der Waals surface area contributed by atoms with Crippen LogP contribution in [-0.2, 0) is 0 Å². The maximum Gasteiger partial charge on any atom is 0.146 e. The molecule has 1 radical (unpaired) electrons. The molecule has 3 nitrogen and oxygen atoms in total. The summed E-state index contributed by atoms with van der Waals surface area (Å²) in [6.07, 6.45) is 5.88. The van der Waals surface area contributed by atoms with E-state index in [-0.39, 0.29) is 5.82 Å². The van der Waals surface area contributed by atoms with Gasteiger partial charge in [0.25, 0.3) is 0 Å². The van der Waals surface area contributed by atoms with Gasteiger partial charge in [-0.3, -0.25) is 4.98 Å². The van der Waals surface area contributed by atoms with Crippen LogP contribution in [0.4, 0.5) is 4.39 Å². The molecule has 2 heterocycles. The molecule has 0 N–H and O–H groups in total. The summed E-state index contributed by atoms with van der Waals surface area (Å²) in [6, 6.07) is 3.04. The fraction of sp³-hybridized carbons (Fsp3) is 0.111. The highest BCUT2D eigenvalue weighted by Gasteiger charge is 2.01. The van der Waals surface area contributed by atoms with E-state index in [0.29, 0.717) is 11.4 Å². The van der Waals surface area contributed by atoms with Gasteiger partial charge in [0.1, 0.15) is 12.0 Å². The van der Waals surface area contributed by atoms with Gasteiger partial charge in [-0.05, 0) is 13.0 Å². The Labute approximate surface area is 74.8 Å². The molecule has 0 fully saturated rings. The number of rotatable bonds is 1. The van der Waals surface area contributed by atoms with E-state index in [1.165, 1.54) is 10.7 Å². The van der Waals surface area contributed by atoms with E-state index >= 15 is 0 Å². The summed E-state index contributed by atoms with van der Waals surface area (Å²) < 4.78 is 14.6. The van der Waals surface area contributed by atoms with Crippen molar-refractivity contribution < 1.29 is 4.39 Å². The van der Waals surface area contributed by atoms with Crippen molar-refractivity contribution in [2.24, 2.45) is 0 Å². The van der Waals surface area contributed by atoms with E-state index in [1.54, 1.807) is 25.4 Å². The molecule has 0 atom stereocenters. The Morgan fingerprint density at radius 3 is 3.00 bits per heavy atom. The average Bonchev–Trinajstić information content (AvgIpc) is 2.62. The molecule has 0 aromatic carbocycles. The van der Waals surface area contributed by atoms with Gasteiger partial charge in [-0.25, -0.2) is 9.07 Å². The van der Waals surface area contributed by atoms with Crippen LogP contribution >= 0.6 is 0 Å². The normalized spacial score (nSPS) is 10.3. The van der Waals surface area contributed by atoms with Gasteiger partial charge < -0.3 is 0 Å². The summed E-state index contributed by atoms with van der Waals surface area (Å²) in [5.74, 6) is -0.326. The van der Waals surface area contributed by atoms with Crippen molar-refractivity contribution in [3.63, 3.8) is 0 Å². The molecule has 65 valence electrons. The minimum atomic E-state index is -0.326. The highest BCUT2D eigenvalue weighted by molar-refractivity contribution is 5.28. The molecule has 0 aliphatic heterocycles. The number of aryl methyl sites for hydroxylation is 1. The first kappa shape index (κ1) is 7.91. The minimum Gasteiger partial charge on any atom is -0.256 e. The van der Waals surface area contributed by atoms with Gasteiger partial charge in [-0.2, -0.15) is 5.10 Å². The lowest BCUT2D eigenvalue weighted by atomic mass is 10.3. The van der Waals surface area contributed by atoms with E-state index in [4.69, 9.17) is 0 Å². The molecule has 0 saturated heterocycles. The monoisotopic (exact) mass is 176 g/mol. The van der Waals surface area contributed by atoms with Crippen LogP contribution in [0.25, 0.3) is 5.69 Å². The van der Waals surface area contributed by atoms with Crippen molar-refractivity contribution >= 4 is 0 Å². The van der Waals surface area contributed by atoms with Gasteiger partial charge in [0.05, 0.1) is 17.6 Å². The van der Waals surface area contributed by atoms with Crippen LogP contribution in [0.5, 0.6) is 0 Å². The van der Waals surface area contributed by atoms with Crippen molar-refractivity contribution in [3.8, 4) is 5.69 Å². The molecule has 0 unspecified atom stereocenters. The van der Waals surface area contributed by atoms with E-state index in [1.807, 2.05) is 0 Å². The first-order valence-corrected chi connectivity index (χ1v) is 3.81. The predicted octanol–water partition coefficient (Wildman–Crippen LogP) is 1.52. The highest BCUT2D eigenvalue weighted by Crippen LogP contribution is 2.08. The SMILES string of the molecule is Cc1ncc(-n2cc[c]n2)cc1F. The average molecular weight is 176 g/mol. The van der Waals surface area contributed by atoms with Crippen LogP contribution in [0.15, 0.2) is 24.5 Å². The molecular formula is C9H7FN3. The third-order valence-corrected chi connectivity index (χ3v) is 1.73. The minimum absolute atomic E-state index is 0.326. The van der Waals surface area contributed by atoms with Gasteiger partial charge in [0.15, 0.2) is 0 Å². The van der Waals surface area contributed by atoms with Crippen LogP contribution in [-0.4, -0.2) is 14.8 Å². The van der Waals surface area contributed by atoms with Crippen LogP contribution in [0.2, 0.25) is 0 Å². The highest BCUT2D eigenvalue weighted by atomic mass is 19.1. The molecule has 4 heteroatoms. The standard InChI is InChI=1S/C9H7FN3/c1-7-9(10)5-8(6-11-7)13-4-2-3-12-13/h2,4-6H,1H3. The summed E-state index contributed by atoms with van der Waals surface area (Å²) in [4.78, 5) is 3.88. The third-order valence-electron chi connectivity index (χ3n) is 1.73. The fourth-order valence-corrected chi connectivity index (χ4v) is 0.998. The quantitative estimate of drug-likeness (QED) is 0.659. The molecule has 0 saturated carbocycles. The van der Waals surface area contributed by atoms with E-state index in [0.717, 1.165) is 0 Å². The maximum absolute atomic E-state index is 13.1. The third kappa shape index (κ3) is 1.42. The zero-order valence-electron chi connectivity index (χ0n) is 7.03. The van der Waals surface area contributed by atoms with Crippen LogP contribution < -0.4 is 0 Å². The van der Waals surface area contributed by atoms with Gasteiger partial charge in [0, 0.05) is 12.3 Å². The van der Waals surface area contributed by atoms with Gasteiger partial charge >= 0.3 is 0 Å². The Morgan fingerprint density at radius 1 is 1.54 bits per heavy atom. The molecule has 0 bridgehead atoms. The molecule has 0 amide bonds. The Morgan fingerprint density at radius 2 is 2.38 bits per heavy atom. The number of pyridine rings is 1. The largest absolute Gasteiger partial charge is 0.256 e. The summed E-state index contributed by atoms with van der Waals surface area (Å²) in [5.41, 5.74) is 0.990. The molecule has 0 aliphatic rings. The summed E-state index contributed by atoms with van der Waals surface area (Å²) in [6.45, 7) is 1.62. The van der Waals surface area contributed by atoms with Crippen LogP contribution in [0.1, 0.15) is 5.69 Å². The smallest absolute Gasteiger partial charge is 0.146 e. The Hall–Kier alpha value is -1.71. The van der Waals surface area contributed by atoms with Gasteiger partial charge in [-0.1, -0.05) is 0 Å². The predicted molar refractivity (Wildman–Crippen MR) is 44.9 cm³/mol. The molecule has 2 aromatic heterocycles. The van der Waals surface area contributed by atoms with Crippen molar-refractivity contribution in [2.45, 2.75) is 6.92 Å². The summed E-state index contributed by atoms with van der Waals surface area (Å²) in [7, 11) is 0. The molecule has 2 aromatic rings. The number of halogens is 1. The first-order valence-electron chi connectivity index (χ1n) is 3.81. The van der Waals surface area contributed by atoms with Gasteiger partial charge in [0.2, 0.25) is 0 Å². The second-order valence-electron chi connectivity index (χ2n) is 2.65. The Balaban J connectivity index is 2.49. The maximum atomic E-state index is 13.1. The summed E-state index contributed by atoms with van der Waals surface area (Å²) in [5, 5.41) is 3.84. The van der Waals surface area contributed by atoms with E-state index < -0.39 is 0 Å².